The first kappa shape index (κ1) is 16.8. The van der Waals surface area contributed by atoms with E-state index in [1.165, 1.54) is 19.2 Å². The Kier molecular flexibility index (Phi) is 4.77. The summed E-state index contributed by atoms with van der Waals surface area (Å²) in [6.45, 7) is 1.94. The second kappa shape index (κ2) is 6.26. The van der Waals surface area contributed by atoms with Crippen molar-refractivity contribution in [2.24, 2.45) is 0 Å². The summed E-state index contributed by atoms with van der Waals surface area (Å²) in [5.41, 5.74) is -0.0348. The SMILES string of the molecule is COC(=O)CC1COC(C)(Cc2ccc(C(F)(F)F)cc2)O1. The van der Waals surface area contributed by atoms with E-state index >= 15 is 0 Å². The quantitative estimate of drug-likeness (QED) is 0.801. The minimum atomic E-state index is -4.35. The molecule has 2 unspecified atom stereocenters. The van der Waals surface area contributed by atoms with Crippen molar-refractivity contribution in [3.8, 4) is 0 Å². The highest BCUT2D eigenvalue weighted by molar-refractivity contribution is 5.69. The third-order valence-corrected chi connectivity index (χ3v) is 3.42. The summed E-state index contributed by atoms with van der Waals surface area (Å²) in [5.74, 6) is -1.36. The van der Waals surface area contributed by atoms with Gasteiger partial charge in [-0.05, 0) is 24.6 Å². The Bertz CT molecular complexity index is 527. The molecule has 0 aromatic heterocycles. The number of carbonyl (C=O) groups excluding carboxylic acids is 1. The molecule has 4 nitrogen and oxygen atoms in total. The van der Waals surface area contributed by atoms with Crippen molar-refractivity contribution in [1.82, 2.24) is 0 Å². The zero-order valence-corrected chi connectivity index (χ0v) is 12.3. The number of carbonyl (C=O) groups is 1. The molecule has 0 bridgehead atoms. The largest absolute Gasteiger partial charge is 0.469 e. The van der Waals surface area contributed by atoms with E-state index in [4.69, 9.17) is 9.47 Å². The molecule has 2 rings (SSSR count). The van der Waals surface area contributed by atoms with Crippen LogP contribution in [0.15, 0.2) is 24.3 Å². The maximum Gasteiger partial charge on any atom is 0.416 e. The first-order chi connectivity index (χ1) is 10.2. The van der Waals surface area contributed by atoms with Crippen LogP contribution in [0.5, 0.6) is 0 Å². The van der Waals surface area contributed by atoms with Crippen molar-refractivity contribution in [2.45, 2.75) is 37.8 Å². The zero-order valence-electron chi connectivity index (χ0n) is 12.3. The average molecular weight is 318 g/mol. The normalized spacial score (nSPS) is 25.2. The van der Waals surface area contributed by atoms with Crippen molar-refractivity contribution in [3.63, 3.8) is 0 Å². The lowest BCUT2D eigenvalue weighted by atomic mass is 10.0. The summed E-state index contributed by atoms with van der Waals surface area (Å²) in [6.07, 6.45) is -4.39. The molecule has 0 spiro atoms. The van der Waals surface area contributed by atoms with Gasteiger partial charge in [-0.25, -0.2) is 0 Å². The number of ether oxygens (including phenoxy) is 3. The first-order valence-corrected chi connectivity index (χ1v) is 6.76. The van der Waals surface area contributed by atoms with Gasteiger partial charge in [0.1, 0.15) is 0 Å². The fourth-order valence-electron chi connectivity index (χ4n) is 2.33. The van der Waals surface area contributed by atoms with Crippen LogP contribution in [0.4, 0.5) is 13.2 Å². The van der Waals surface area contributed by atoms with Gasteiger partial charge in [0, 0.05) is 6.42 Å². The Morgan fingerprint density at radius 2 is 2.00 bits per heavy atom. The number of hydrogen-bond donors (Lipinski definition) is 0. The fraction of sp³-hybridized carbons (Fsp3) is 0.533. The van der Waals surface area contributed by atoms with E-state index < -0.39 is 29.6 Å². The molecule has 122 valence electrons. The third-order valence-electron chi connectivity index (χ3n) is 3.42. The highest BCUT2D eigenvalue weighted by Gasteiger charge is 2.38. The average Bonchev–Trinajstić information content (AvgIpc) is 2.79. The van der Waals surface area contributed by atoms with Crippen LogP contribution in [-0.2, 0) is 31.6 Å². The molecule has 2 atom stereocenters. The van der Waals surface area contributed by atoms with E-state index in [9.17, 15) is 18.0 Å². The summed E-state index contributed by atoms with van der Waals surface area (Å²) < 4.78 is 53.3. The Morgan fingerprint density at radius 3 is 2.55 bits per heavy atom. The standard InChI is InChI=1S/C15H17F3O4/c1-14(21-9-12(22-14)7-13(19)20-2)8-10-3-5-11(6-4-10)15(16,17)18/h3-6,12H,7-9H2,1-2H3. The Hall–Kier alpha value is -1.60. The molecule has 0 N–H and O–H groups in total. The number of alkyl halides is 3. The van der Waals surface area contributed by atoms with Crippen LogP contribution in [0, 0.1) is 0 Å². The molecule has 0 radical (unpaired) electrons. The number of esters is 1. The van der Waals surface area contributed by atoms with Gasteiger partial charge in [0.2, 0.25) is 0 Å². The van der Waals surface area contributed by atoms with E-state index in [1.54, 1.807) is 6.92 Å². The van der Waals surface area contributed by atoms with Crippen LogP contribution >= 0.6 is 0 Å². The van der Waals surface area contributed by atoms with Gasteiger partial charge in [0.15, 0.2) is 5.79 Å². The van der Waals surface area contributed by atoms with Crippen LogP contribution in [0.1, 0.15) is 24.5 Å². The molecule has 22 heavy (non-hydrogen) atoms. The molecular formula is C15H17F3O4. The molecule has 0 saturated carbocycles. The fourth-order valence-corrected chi connectivity index (χ4v) is 2.33. The van der Waals surface area contributed by atoms with E-state index in [0.29, 0.717) is 12.0 Å². The summed E-state index contributed by atoms with van der Waals surface area (Å²) in [5, 5.41) is 0. The van der Waals surface area contributed by atoms with Gasteiger partial charge >= 0.3 is 12.1 Å². The van der Waals surface area contributed by atoms with E-state index in [0.717, 1.165) is 12.1 Å². The molecule has 7 heteroatoms. The summed E-state index contributed by atoms with van der Waals surface area (Å²) in [6, 6.07) is 4.85. The van der Waals surface area contributed by atoms with Crippen LogP contribution < -0.4 is 0 Å². The van der Waals surface area contributed by atoms with Gasteiger partial charge in [-0.1, -0.05) is 12.1 Å². The van der Waals surface area contributed by atoms with Gasteiger partial charge in [0.25, 0.3) is 0 Å². The van der Waals surface area contributed by atoms with E-state index in [2.05, 4.69) is 4.74 Å². The highest BCUT2D eigenvalue weighted by Crippen LogP contribution is 2.32. The number of methoxy groups -OCH3 is 1. The Morgan fingerprint density at radius 1 is 1.36 bits per heavy atom. The van der Waals surface area contributed by atoms with Crippen molar-refractivity contribution < 1.29 is 32.2 Å². The Labute approximate surface area is 126 Å². The topological polar surface area (TPSA) is 44.8 Å². The van der Waals surface area contributed by atoms with Crippen LogP contribution in [0.25, 0.3) is 0 Å². The van der Waals surface area contributed by atoms with Gasteiger partial charge in [-0.3, -0.25) is 4.79 Å². The molecule has 1 aliphatic heterocycles. The summed E-state index contributed by atoms with van der Waals surface area (Å²) >= 11 is 0. The van der Waals surface area contributed by atoms with Crippen LogP contribution in [-0.4, -0.2) is 31.6 Å². The van der Waals surface area contributed by atoms with Gasteiger partial charge < -0.3 is 14.2 Å². The number of halogens is 3. The molecule has 1 aromatic carbocycles. The first-order valence-electron chi connectivity index (χ1n) is 6.76. The van der Waals surface area contributed by atoms with Crippen molar-refractivity contribution in [1.29, 1.82) is 0 Å². The van der Waals surface area contributed by atoms with Crippen LogP contribution in [0.3, 0.4) is 0 Å². The predicted octanol–water partition coefficient (Wildman–Crippen LogP) is 2.94. The molecule has 0 aliphatic carbocycles. The molecule has 1 heterocycles. The van der Waals surface area contributed by atoms with E-state index in [1.807, 2.05) is 0 Å². The monoisotopic (exact) mass is 318 g/mol. The number of rotatable bonds is 4. The van der Waals surface area contributed by atoms with Crippen molar-refractivity contribution >= 4 is 5.97 Å². The summed E-state index contributed by atoms with van der Waals surface area (Å²) in [7, 11) is 1.29. The smallest absolute Gasteiger partial charge is 0.416 e. The van der Waals surface area contributed by atoms with Crippen LogP contribution in [0.2, 0.25) is 0 Å². The molecule has 1 aliphatic rings. The lowest BCUT2D eigenvalue weighted by Gasteiger charge is -2.23. The van der Waals surface area contributed by atoms with Crippen molar-refractivity contribution in [2.75, 3.05) is 13.7 Å². The lowest BCUT2D eigenvalue weighted by Crippen LogP contribution is -2.30. The highest BCUT2D eigenvalue weighted by atomic mass is 19.4. The minimum absolute atomic E-state index is 0.0824. The number of hydrogen-bond acceptors (Lipinski definition) is 4. The second-order valence-electron chi connectivity index (χ2n) is 5.34. The lowest BCUT2D eigenvalue weighted by molar-refractivity contribution is -0.159. The molecule has 1 aromatic rings. The van der Waals surface area contributed by atoms with Gasteiger partial charge in [-0.15, -0.1) is 0 Å². The predicted molar refractivity (Wildman–Crippen MR) is 71.0 cm³/mol. The molecule has 1 saturated heterocycles. The Balaban J connectivity index is 1.97. The van der Waals surface area contributed by atoms with E-state index in [-0.39, 0.29) is 13.0 Å². The van der Waals surface area contributed by atoms with Gasteiger partial charge in [0.05, 0.1) is 31.8 Å². The maximum atomic E-state index is 12.5. The summed E-state index contributed by atoms with van der Waals surface area (Å²) in [4.78, 5) is 11.2. The van der Waals surface area contributed by atoms with Crippen molar-refractivity contribution in [3.05, 3.63) is 35.4 Å². The number of benzene rings is 1. The maximum absolute atomic E-state index is 12.5. The zero-order chi connectivity index (χ0) is 16.4. The third kappa shape index (κ3) is 4.20. The second-order valence-corrected chi connectivity index (χ2v) is 5.34. The minimum Gasteiger partial charge on any atom is -0.469 e. The van der Waals surface area contributed by atoms with Gasteiger partial charge in [-0.2, -0.15) is 13.2 Å². The molecule has 1 fully saturated rings. The molecular weight excluding hydrogens is 301 g/mol. The molecule has 0 amide bonds.